The van der Waals surface area contributed by atoms with Crippen LogP contribution in [0.15, 0.2) is 0 Å². The van der Waals surface area contributed by atoms with Crippen LogP contribution in [0.25, 0.3) is 0 Å². The van der Waals surface area contributed by atoms with Crippen LogP contribution in [0.1, 0.15) is 34.1 Å². The second kappa shape index (κ2) is 4.78. The first kappa shape index (κ1) is 12.9. The van der Waals surface area contributed by atoms with Crippen molar-refractivity contribution in [2.75, 3.05) is 7.11 Å². The molecule has 4 heteroatoms. The largest absolute Gasteiger partial charge is 0.387 e. The average Bonchev–Trinajstić information content (AvgIpc) is 2.13. The summed E-state index contributed by atoms with van der Waals surface area (Å²) in [6.45, 7) is 7.64. The van der Waals surface area contributed by atoms with E-state index in [1.54, 1.807) is 7.11 Å². The van der Waals surface area contributed by atoms with Crippen molar-refractivity contribution in [3.63, 3.8) is 0 Å². The number of methoxy groups -OCH3 is 1. The van der Waals surface area contributed by atoms with Gasteiger partial charge in [0, 0.05) is 13.5 Å². The van der Waals surface area contributed by atoms with Crippen LogP contribution in [0.4, 0.5) is 0 Å². The van der Waals surface area contributed by atoms with Crippen LogP contribution in [0.3, 0.4) is 0 Å². The molecule has 1 N–H and O–H groups in total. The van der Waals surface area contributed by atoms with Crippen molar-refractivity contribution in [1.82, 2.24) is 0 Å². The van der Waals surface area contributed by atoms with Gasteiger partial charge in [0.1, 0.15) is 6.10 Å². The molecule has 4 nitrogen and oxygen atoms in total. The van der Waals surface area contributed by atoms with Gasteiger partial charge in [-0.2, -0.15) is 0 Å². The molecule has 0 aromatic heterocycles. The number of hydrogen-bond acceptors (Lipinski definition) is 4. The Balaban J connectivity index is 2.67. The SMILES string of the molecule is COC1(C)CC(OC(C)C)OC(C)C1O. The molecule has 0 amide bonds. The van der Waals surface area contributed by atoms with Gasteiger partial charge in [-0.25, -0.2) is 0 Å². The van der Waals surface area contributed by atoms with Crippen LogP contribution < -0.4 is 0 Å². The van der Waals surface area contributed by atoms with Crippen molar-refractivity contribution in [3.8, 4) is 0 Å². The highest BCUT2D eigenvalue weighted by Crippen LogP contribution is 2.32. The molecule has 1 saturated heterocycles. The van der Waals surface area contributed by atoms with E-state index in [4.69, 9.17) is 14.2 Å². The third kappa shape index (κ3) is 2.91. The van der Waals surface area contributed by atoms with Crippen molar-refractivity contribution >= 4 is 0 Å². The summed E-state index contributed by atoms with van der Waals surface area (Å²) in [5.74, 6) is 0. The number of hydrogen-bond donors (Lipinski definition) is 1. The minimum atomic E-state index is -0.616. The number of aliphatic hydroxyl groups excluding tert-OH is 1. The maximum atomic E-state index is 9.94. The van der Waals surface area contributed by atoms with E-state index in [-0.39, 0.29) is 18.5 Å². The molecule has 1 aliphatic heterocycles. The molecular weight excluding hydrogens is 196 g/mol. The fraction of sp³-hybridized carbons (Fsp3) is 1.00. The van der Waals surface area contributed by atoms with Crippen LogP contribution in [0, 0.1) is 0 Å². The minimum absolute atomic E-state index is 0.110. The Labute approximate surface area is 91.5 Å². The van der Waals surface area contributed by atoms with E-state index < -0.39 is 11.7 Å². The van der Waals surface area contributed by atoms with Crippen molar-refractivity contribution in [2.24, 2.45) is 0 Å². The Hall–Kier alpha value is -0.160. The monoisotopic (exact) mass is 218 g/mol. The maximum Gasteiger partial charge on any atom is 0.161 e. The molecule has 0 radical (unpaired) electrons. The van der Waals surface area contributed by atoms with Crippen molar-refractivity contribution < 1.29 is 19.3 Å². The minimum Gasteiger partial charge on any atom is -0.387 e. The second-order valence-electron chi connectivity index (χ2n) is 4.62. The normalized spacial score (nSPS) is 42.2. The van der Waals surface area contributed by atoms with Gasteiger partial charge < -0.3 is 19.3 Å². The third-order valence-electron chi connectivity index (χ3n) is 2.90. The quantitative estimate of drug-likeness (QED) is 0.776. The van der Waals surface area contributed by atoms with Gasteiger partial charge in [-0.15, -0.1) is 0 Å². The molecule has 0 aromatic rings. The Morgan fingerprint density at radius 3 is 2.53 bits per heavy atom. The summed E-state index contributed by atoms with van der Waals surface area (Å²) in [5, 5.41) is 9.94. The van der Waals surface area contributed by atoms with Gasteiger partial charge in [0.15, 0.2) is 6.29 Å². The molecule has 0 aromatic carbocycles. The molecule has 0 aliphatic carbocycles. The standard InChI is InChI=1S/C11H22O4/c1-7(2)14-9-6-11(4,13-5)10(12)8(3)15-9/h7-10,12H,6H2,1-5H3. The summed E-state index contributed by atoms with van der Waals surface area (Å²) < 4.78 is 16.5. The topological polar surface area (TPSA) is 47.9 Å². The van der Waals surface area contributed by atoms with E-state index in [1.807, 2.05) is 27.7 Å². The van der Waals surface area contributed by atoms with E-state index in [0.717, 1.165) is 0 Å². The highest BCUT2D eigenvalue weighted by molar-refractivity contribution is 4.92. The van der Waals surface area contributed by atoms with Crippen LogP contribution >= 0.6 is 0 Å². The number of ether oxygens (including phenoxy) is 3. The zero-order chi connectivity index (χ0) is 11.6. The summed E-state index contributed by atoms with van der Waals surface area (Å²) in [4.78, 5) is 0. The smallest absolute Gasteiger partial charge is 0.161 e. The highest BCUT2D eigenvalue weighted by atomic mass is 16.7. The Morgan fingerprint density at radius 1 is 1.47 bits per heavy atom. The van der Waals surface area contributed by atoms with E-state index in [9.17, 15) is 5.11 Å². The first-order valence-electron chi connectivity index (χ1n) is 5.43. The zero-order valence-corrected chi connectivity index (χ0v) is 10.2. The van der Waals surface area contributed by atoms with Crippen LogP contribution in [0.5, 0.6) is 0 Å². The van der Waals surface area contributed by atoms with Gasteiger partial charge in [0.2, 0.25) is 0 Å². The first-order chi connectivity index (χ1) is 6.89. The molecule has 1 aliphatic rings. The van der Waals surface area contributed by atoms with Crippen molar-refractivity contribution in [2.45, 2.75) is 64.3 Å². The van der Waals surface area contributed by atoms with Crippen molar-refractivity contribution in [3.05, 3.63) is 0 Å². The van der Waals surface area contributed by atoms with E-state index in [0.29, 0.717) is 6.42 Å². The number of rotatable bonds is 3. The average molecular weight is 218 g/mol. The molecule has 0 spiro atoms. The summed E-state index contributed by atoms with van der Waals surface area (Å²) in [6, 6.07) is 0. The predicted octanol–water partition coefficient (Wildman–Crippen LogP) is 1.31. The lowest BCUT2D eigenvalue weighted by Gasteiger charge is -2.44. The zero-order valence-electron chi connectivity index (χ0n) is 10.2. The molecule has 15 heavy (non-hydrogen) atoms. The second-order valence-corrected chi connectivity index (χ2v) is 4.62. The van der Waals surface area contributed by atoms with Gasteiger partial charge in [-0.1, -0.05) is 0 Å². The summed E-state index contributed by atoms with van der Waals surface area (Å²) >= 11 is 0. The fourth-order valence-electron chi connectivity index (χ4n) is 1.90. The predicted molar refractivity (Wildman–Crippen MR) is 56.6 cm³/mol. The molecule has 0 bridgehead atoms. The lowest BCUT2D eigenvalue weighted by atomic mass is 9.88. The van der Waals surface area contributed by atoms with Gasteiger partial charge in [-0.05, 0) is 27.7 Å². The van der Waals surface area contributed by atoms with Gasteiger partial charge >= 0.3 is 0 Å². The van der Waals surface area contributed by atoms with E-state index in [1.165, 1.54) is 0 Å². The number of aliphatic hydroxyl groups is 1. The summed E-state index contributed by atoms with van der Waals surface area (Å²) in [7, 11) is 1.60. The first-order valence-corrected chi connectivity index (χ1v) is 5.43. The lowest BCUT2D eigenvalue weighted by Crippen LogP contribution is -2.56. The van der Waals surface area contributed by atoms with E-state index >= 15 is 0 Å². The van der Waals surface area contributed by atoms with Gasteiger partial charge in [0.05, 0.1) is 17.8 Å². The molecule has 90 valence electrons. The molecule has 1 fully saturated rings. The summed E-state index contributed by atoms with van der Waals surface area (Å²) in [6.07, 6.45) is -0.526. The molecule has 4 unspecified atom stereocenters. The summed E-state index contributed by atoms with van der Waals surface area (Å²) in [5.41, 5.74) is -0.586. The lowest BCUT2D eigenvalue weighted by molar-refractivity contribution is -0.285. The highest BCUT2D eigenvalue weighted by Gasteiger charge is 2.45. The van der Waals surface area contributed by atoms with Crippen LogP contribution in [-0.4, -0.2) is 42.4 Å². The Bertz CT molecular complexity index is 207. The van der Waals surface area contributed by atoms with Crippen LogP contribution in [-0.2, 0) is 14.2 Å². The molecule has 1 heterocycles. The maximum absolute atomic E-state index is 9.94. The Morgan fingerprint density at radius 2 is 2.07 bits per heavy atom. The molecule has 0 saturated carbocycles. The van der Waals surface area contributed by atoms with Gasteiger partial charge in [-0.3, -0.25) is 0 Å². The Kier molecular flexibility index (Phi) is 4.12. The molecular formula is C11H22O4. The van der Waals surface area contributed by atoms with Crippen LogP contribution in [0.2, 0.25) is 0 Å². The third-order valence-corrected chi connectivity index (χ3v) is 2.90. The molecule has 4 atom stereocenters. The fourth-order valence-corrected chi connectivity index (χ4v) is 1.90. The van der Waals surface area contributed by atoms with E-state index in [2.05, 4.69) is 0 Å². The molecule has 1 rings (SSSR count). The van der Waals surface area contributed by atoms with Crippen molar-refractivity contribution in [1.29, 1.82) is 0 Å². The van der Waals surface area contributed by atoms with Gasteiger partial charge in [0.25, 0.3) is 0 Å².